The van der Waals surface area contributed by atoms with Crippen LogP contribution in [0.1, 0.15) is 18.5 Å². The van der Waals surface area contributed by atoms with E-state index >= 15 is 0 Å². The van der Waals surface area contributed by atoms with Crippen molar-refractivity contribution in [2.24, 2.45) is 0 Å². The molecule has 2 aromatic carbocycles. The molecule has 3 rings (SSSR count). The van der Waals surface area contributed by atoms with Gasteiger partial charge in [0.2, 0.25) is 15.9 Å². The minimum atomic E-state index is -3.65. The van der Waals surface area contributed by atoms with E-state index in [4.69, 9.17) is 21.1 Å². The van der Waals surface area contributed by atoms with Gasteiger partial charge in [0.15, 0.2) is 11.5 Å². The van der Waals surface area contributed by atoms with Crippen LogP contribution in [0.15, 0.2) is 42.5 Å². The number of carbonyl (C=O) groups is 1. The molecule has 1 heterocycles. The summed E-state index contributed by atoms with van der Waals surface area (Å²) in [6.07, 6.45) is 1.05. The van der Waals surface area contributed by atoms with Gasteiger partial charge in [-0.15, -0.1) is 0 Å². The molecule has 1 aliphatic heterocycles. The molecule has 0 aliphatic carbocycles. The SMILES string of the molecule is CC(NC(=O)CN(c1ccc(Cl)cc1)S(C)(=O)=O)c1ccc2c(c1)OCCO2. The molecule has 9 heteroatoms. The van der Waals surface area contributed by atoms with Gasteiger partial charge in [0.05, 0.1) is 18.0 Å². The topological polar surface area (TPSA) is 84.9 Å². The predicted octanol–water partition coefficient (Wildman–Crippen LogP) is 2.75. The van der Waals surface area contributed by atoms with Gasteiger partial charge < -0.3 is 14.8 Å². The van der Waals surface area contributed by atoms with E-state index in [0.29, 0.717) is 35.4 Å². The van der Waals surface area contributed by atoms with E-state index in [1.807, 2.05) is 19.1 Å². The van der Waals surface area contributed by atoms with Crippen molar-refractivity contribution < 1.29 is 22.7 Å². The lowest BCUT2D eigenvalue weighted by Gasteiger charge is -2.24. The van der Waals surface area contributed by atoms with Gasteiger partial charge in [-0.05, 0) is 48.9 Å². The Balaban J connectivity index is 1.71. The van der Waals surface area contributed by atoms with E-state index in [0.717, 1.165) is 16.1 Å². The summed E-state index contributed by atoms with van der Waals surface area (Å²) >= 11 is 5.86. The summed E-state index contributed by atoms with van der Waals surface area (Å²) in [7, 11) is -3.65. The smallest absolute Gasteiger partial charge is 0.241 e. The van der Waals surface area contributed by atoms with E-state index in [9.17, 15) is 13.2 Å². The summed E-state index contributed by atoms with van der Waals surface area (Å²) in [6.45, 7) is 2.46. The Labute approximate surface area is 169 Å². The lowest BCUT2D eigenvalue weighted by atomic mass is 10.1. The Bertz CT molecular complexity index is 963. The zero-order valence-corrected chi connectivity index (χ0v) is 17.1. The van der Waals surface area contributed by atoms with Crippen LogP contribution in [0.5, 0.6) is 11.5 Å². The summed E-state index contributed by atoms with van der Waals surface area (Å²) in [5, 5.41) is 3.30. The van der Waals surface area contributed by atoms with Crippen molar-refractivity contribution in [3.05, 3.63) is 53.1 Å². The summed E-state index contributed by atoms with van der Waals surface area (Å²) in [4.78, 5) is 12.5. The van der Waals surface area contributed by atoms with Gasteiger partial charge in [0, 0.05) is 5.02 Å². The Kier molecular flexibility index (Phi) is 6.00. The molecule has 1 aliphatic rings. The molecule has 0 fully saturated rings. The van der Waals surface area contributed by atoms with E-state index in [1.54, 1.807) is 30.3 Å². The number of hydrogen-bond donors (Lipinski definition) is 1. The molecule has 0 radical (unpaired) electrons. The normalized spacial score (nSPS) is 14.2. The number of anilines is 1. The molecule has 1 amide bonds. The summed E-state index contributed by atoms with van der Waals surface area (Å²) in [6, 6.07) is 11.4. The molecule has 1 atom stereocenters. The number of ether oxygens (including phenoxy) is 2. The number of nitrogens with zero attached hydrogens (tertiary/aromatic N) is 1. The number of carbonyl (C=O) groups excluding carboxylic acids is 1. The first kappa shape index (κ1) is 20.3. The molecule has 7 nitrogen and oxygen atoms in total. The van der Waals surface area contributed by atoms with Crippen LogP contribution >= 0.6 is 11.6 Å². The maximum absolute atomic E-state index is 12.5. The molecule has 2 aromatic rings. The summed E-state index contributed by atoms with van der Waals surface area (Å²) < 4.78 is 36.4. The number of sulfonamides is 1. The largest absolute Gasteiger partial charge is 0.486 e. The zero-order chi connectivity index (χ0) is 20.3. The van der Waals surface area contributed by atoms with Gasteiger partial charge in [-0.2, -0.15) is 0 Å². The Morgan fingerprint density at radius 3 is 2.43 bits per heavy atom. The molecule has 0 saturated carbocycles. The number of nitrogens with one attached hydrogen (secondary N) is 1. The maximum atomic E-state index is 12.5. The predicted molar refractivity (Wildman–Crippen MR) is 108 cm³/mol. The third kappa shape index (κ3) is 4.88. The van der Waals surface area contributed by atoms with Crippen LogP contribution in [0.3, 0.4) is 0 Å². The van der Waals surface area contributed by atoms with Crippen molar-refractivity contribution >= 4 is 33.2 Å². The standard InChI is InChI=1S/C19H21ClN2O5S/c1-13(14-3-8-17-18(11-14)27-10-9-26-17)21-19(23)12-22(28(2,24)25)16-6-4-15(20)5-7-16/h3-8,11,13H,9-10,12H2,1-2H3,(H,21,23). The van der Waals surface area contributed by atoms with Crippen molar-refractivity contribution in [1.82, 2.24) is 5.32 Å². The van der Waals surface area contributed by atoms with E-state index in [-0.39, 0.29) is 12.6 Å². The van der Waals surface area contributed by atoms with Crippen LogP contribution in [0.25, 0.3) is 0 Å². The molecule has 0 aromatic heterocycles. The van der Waals surface area contributed by atoms with Crippen molar-refractivity contribution in [3.8, 4) is 11.5 Å². The average Bonchev–Trinajstić information content (AvgIpc) is 2.65. The lowest BCUT2D eigenvalue weighted by molar-refractivity contribution is -0.120. The minimum absolute atomic E-state index is 0.338. The highest BCUT2D eigenvalue weighted by atomic mass is 35.5. The van der Waals surface area contributed by atoms with Crippen LogP contribution < -0.4 is 19.1 Å². The fraction of sp³-hybridized carbons (Fsp3) is 0.316. The number of benzene rings is 2. The highest BCUT2D eigenvalue weighted by molar-refractivity contribution is 7.92. The van der Waals surface area contributed by atoms with E-state index < -0.39 is 15.9 Å². The van der Waals surface area contributed by atoms with Gasteiger partial charge >= 0.3 is 0 Å². The van der Waals surface area contributed by atoms with Crippen molar-refractivity contribution in [2.75, 3.05) is 30.3 Å². The lowest BCUT2D eigenvalue weighted by Crippen LogP contribution is -2.41. The third-order valence-electron chi connectivity index (χ3n) is 4.25. The molecule has 0 saturated heterocycles. The van der Waals surface area contributed by atoms with Gasteiger partial charge in [-0.1, -0.05) is 17.7 Å². The van der Waals surface area contributed by atoms with E-state index in [2.05, 4.69) is 5.32 Å². The zero-order valence-electron chi connectivity index (χ0n) is 15.5. The van der Waals surface area contributed by atoms with Gasteiger partial charge in [-0.3, -0.25) is 9.10 Å². The Morgan fingerprint density at radius 2 is 1.79 bits per heavy atom. The number of fused-ring (bicyclic) bond motifs is 1. The molecule has 1 N–H and O–H groups in total. The van der Waals surface area contributed by atoms with Gasteiger partial charge in [-0.25, -0.2) is 8.42 Å². The highest BCUT2D eigenvalue weighted by Gasteiger charge is 2.22. The second-order valence-electron chi connectivity index (χ2n) is 6.44. The Morgan fingerprint density at radius 1 is 1.14 bits per heavy atom. The average molecular weight is 425 g/mol. The first-order valence-corrected chi connectivity index (χ1v) is 10.9. The molecule has 0 spiro atoms. The van der Waals surface area contributed by atoms with Crippen molar-refractivity contribution in [3.63, 3.8) is 0 Å². The molecular formula is C19H21ClN2O5S. The maximum Gasteiger partial charge on any atom is 0.241 e. The number of rotatable bonds is 6. The fourth-order valence-corrected chi connectivity index (χ4v) is 3.82. The minimum Gasteiger partial charge on any atom is -0.486 e. The van der Waals surface area contributed by atoms with Gasteiger partial charge in [0.1, 0.15) is 19.8 Å². The van der Waals surface area contributed by atoms with Crippen LogP contribution in [-0.2, 0) is 14.8 Å². The van der Waals surface area contributed by atoms with Crippen molar-refractivity contribution in [2.45, 2.75) is 13.0 Å². The quantitative estimate of drug-likeness (QED) is 0.770. The van der Waals surface area contributed by atoms with Crippen LogP contribution in [-0.4, -0.2) is 40.3 Å². The Hall–Kier alpha value is -2.45. The van der Waals surface area contributed by atoms with Crippen molar-refractivity contribution in [1.29, 1.82) is 0 Å². The molecule has 0 bridgehead atoms. The van der Waals surface area contributed by atoms with Crippen LogP contribution in [0.2, 0.25) is 5.02 Å². The second-order valence-corrected chi connectivity index (χ2v) is 8.78. The molecule has 150 valence electrons. The fourth-order valence-electron chi connectivity index (χ4n) is 2.84. The molecular weight excluding hydrogens is 404 g/mol. The third-order valence-corrected chi connectivity index (χ3v) is 5.64. The molecule has 28 heavy (non-hydrogen) atoms. The number of hydrogen-bond acceptors (Lipinski definition) is 5. The number of halogens is 1. The highest BCUT2D eigenvalue weighted by Crippen LogP contribution is 2.32. The summed E-state index contributed by atoms with van der Waals surface area (Å²) in [5.41, 5.74) is 1.20. The van der Waals surface area contributed by atoms with E-state index in [1.165, 1.54) is 0 Å². The first-order chi connectivity index (χ1) is 13.2. The first-order valence-electron chi connectivity index (χ1n) is 8.66. The summed E-state index contributed by atoms with van der Waals surface area (Å²) in [5.74, 6) is 0.867. The van der Waals surface area contributed by atoms with Gasteiger partial charge in [0.25, 0.3) is 0 Å². The molecule has 1 unspecified atom stereocenters. The van der Waals surface area contributed by atoms with Crippen LogP contribution in [0.4, 0.5) is 5.69 Å². The number of amides is 1. The monoisotopic (exact) mass is 424 g/mol. The second kappa shape index (κ2) is 8.28. The van der Waals surface area contributed by atoms with Crippen LogP contribution in [0, 0.1) is 0 Å².